The van der Waals surface area contributed by atoms with Crippen LogP contribution in [0.2, 0.25) is 10.0 Å². The van der Waals surface area contributed by atoms with Gasteiger partial charge in [0.25, 0.3) is 0 Å². The third-order valence-electron chi connectivity index (χ3n) is 3.20. The van der Waals surface area contributed by atoms with Gasteiger partial charge in [0, 0.05) is 46.4 Å². The van der Waals surface area contributed by atoms with Crippen LogP contribution in [0.25, 0.3) is 0 Å². The lowest BCUT2D eigenvalue weighted by Crippen LogP contribution is -2.33. The van der Waals surface area contributed by atoms with E-state index in [1.807, 2.05) is 30.3 Å². The summed E-state index contributed by atoms with van der Waals surface area (Å²) < 4.78 is 0. The normalized spacial score (nSPS) is 11.5. The summed E-state index contributed by atoms with van der Waals surface area (Å²) in [7, 11) is 0. The minimum absolute atomic E-state index is 0.469. The quantitative estimate of drug-likeness (QED) is 0.414. The van der Waals surface area contributed by atoms with Gasteiger partial charge in [-0.15, -0.1) is 0 Å². The maximum atomic E-state index is 6.14. The SMILES string of the molecule is NC(=NCCSCc1ccc(Cl)cc1Cl)NCCc1ccccn1. The molecule has 128 valence electrons. The fourth-order valence-electron chi connectivity index (χ4n) is 1.97. The van der Waals surface area contributed by atoms with Gasteiger partial charge in [0.2, 0.25) is 0 Å². The van der Waals surface area contributed by atoms with Crippen molar-refractivity contribution >= 4 is 40.9 Å². The van der Waals surface area contributed by atoms with Gasteiger partial charge in [-0.1, -0.05) is 35.3 Å². The van der Waals surface area contributed by atoms with Crippen LogP contribution < -0.4 is 11.1 Å². The number of halogens is 2. The highest BCUT2D eigenvalue weighted by molar-refractivity contribution is 7.98. The van der Waals surface area contributed by atoms with E-state index in [4.69, 9.17) is 28.9 Å². The van der Waals surface area contributed by atoms with E-state index in [0.717, 1.165) is 35.7 Å². The van der Waals surface area contributed by atoms with E-state index in [9.17, 15) is 0 Å². The number of pyridine rings is 1. The third-order valence-corrected chi connectivity index (χ3v) is 4.78. The van der Waals surface area contributed by atoms with E-state index < -0.39 is 0 Å². The summed E-state index contributed by atoms with van der Waals surface area (Å²) in [5, 5.41) is 4.46. The number of nitrogens with one attached hydrogen (secondary N) is 1. The molecule has 1 heterocycles. The Hall–Kier alpha value is -1.43. The number of benzene rings is 1. The molecule has 3 N–H and O–H groups in total. The summed E-state index contributed by atoms with van der Waals surface area (Å²) in [6.07, 6.45) is 2.61. The first-order valence-corrected chi connectivity index (χ1v) is 9.51. The number of thioether (sulfide) groups is 1. The summed E-state index contributed by atoms with van der Waals surface area (Å²) in [5.41, 5.74) is 7.96. The van der Waals surface area contributed by atoms with Gasteiger partial charge in [-0.3, -0.25) is 9.98 Å². The summed E-state index contributed by atoms with van der Waals surface area (Å²) in [5.74, 6) is 2.18. The summed E-state index contributed by atoms with van der Waals surface area (Å²) in [6.45, 7) is 1.39. The summed E-state index contributed by atoms with van der Waals surface area (Å²) in [4.78, 5) is 8.57. The molecule has 0 radical (unpaired) electrons. The van der Waals surface area contributed by atoms with Crippen LogP contribution in [0.4, 0.5) is 0 Å². The lowest BCUT2D eigenvalue weighted by Gasteiger charge is -2.06. The van der Waals surface area contributed by atoms with Gasteiger partial charge in [0.15, 0.2) is 5.96 Å². The second kappa shape index (κ2) is 10.4. The van der Waals surface area contributed by atoms with E-state index in [0.29, 0.717) is 22.5 Å². The van der Waals surface area contributed by atoms with Gasteiger partial charge in [0.1, 0.15) is 0 Å². The first-order valence-electron chi connectivity index (χ1n) is 7.60. The van der Waals surface area contributed by atoms with Crippen molar-refractivity contribution in [3.8, 4) is 0 Å². The Labute approximate surface area is 156 Å². The molecule has 1 aromatic heterocycles. The van der Waals surface area contributed by atoms with E-state index >= 15 is 0 Å². The first-order chi connectivity index (χ1) is 11.6. The molecule has 24 heavy (non-hydrogen) atoms. The number of nitrogens with zero attached hydrogens (tertiary/aromatic N) is 2. The number of nitrogens with two attached hydrogens (primary N) is 1. The molecule has 0 fully saturated rings. The Kier molecular flexibility index (Phi) is 8.22. The van der Waals surface area contributed by atoms with Crippen molar-refractivity contribution in [3.63, 3.8) is 0 Å². The maximum absolute atomic E-state index is 6.14. The molecule has 2 aromatic rings. The molecule has 2 rings (SSSR count). The van der Waals surface area contributed by atoms with E-state index in [2.05, 4.69) is 15.3 Å². The third kappa shape index (κ3) is 6.99. The van der Waals surface area contributed by atoms with Crippen LogP contribution >= 0.6 is 35.0 Å². The Bertz CT molecular complexity index is 665. The fourth-order valence-corrected chi connectivity index (χ4v) is 3.36. The minimum Gasteiger partial charge on any atom is -0.370 e. The summed E-state index contributed by atoms with van der Waals surface area (Å²) in [6, 6.07) is 11.4. The molecule has 0 bridgehead atoms. The second-order valence-electron chi connectivity index (χ2n) is 5.05. The Morgan fingerprint density at radius 1 is 1.25 bits per heavy atom. The van der Waals surface area contributed by atoms with E-state index in [1.165, 1.54) is 0 Å². The predicted molar refractivity (Wildman–Crippen MR) is 105 cm³/mol. The second-order valence-corrected chi connectivity index (χ2v) is 7.00. The minimum atomic E-state index is 0.469. The molecule has 4 nitrogen and oxygen atoms in total. The van der Waals surface area contributed by atoms with Crippen molar-refractivity contribution in [3.05, 3.63) is 63.9 Å². The van der Waals surface area contributed by atoms with Crippen LogP contribution in [0.15, 0.2) is 47.6 Å². The Balaban J connectivity index is 1.61. The van der Waals surface area contributed by atoms with Crippen LogP contribution in [0.3, 0.4) is 0 Å². The van der Waals surface area contributed by atoms with E-state index in [-0.39, 0.29) is 0 Å². The number of rotatable bonds is 8. The molecule has 7 heteroatoms. The average molecular weight is 383 g/mol. The Morgan fingerprint density at radius 2 is 2.12 bits per heavy atom. The van der Waals surface area contributed by atoms with Gasteiger partial charge in [-0.2, -0.15) is 11.8 Å². The smallest absolute Gasteiger partial charge is 0.188 e. The van der Waals surface area contributed by atoms with Gasteiger partial charge < -0.3 is 11.1 Å². The van der Waals surface area contributed by atoms with E-state index in [1.54, 1.807) is 24.0 Å². The highest BCUT2D eigenvalue weighted by Crippen LogP contribution is 2.24. The zero-order valence-corrected chi connectivity index (χ0v) is 15.5. The first kappa shape index (κ1) is 18.9. The number of guanidine groups is 1. The van der Waals surface area contributed by atoms with Crippen LogP contribution in [-0.4, -0.2) is 29.8 Å². The van der Waals surface area contributed by atoms with Crippen LogP contribution in [0, 0.1) is 0 Å². The number of aromatic nitrogens is 1. The lowest BCUT2D eigenvalue weighted by molar-refractivity contribution is 0.830. The standard InChI is InChI=1S/C17H20Cl2N4S/c18-14-5-4-13(16(19)11-14)12-24-10-9-23-17(20)22-8-6-15-3-1-2-7-21-15/h1-5,7,11H,6,8-10,12H2,(H3,20,22,23). The van der Waals surface area contributed by atoms with Crippen LogP contribution in [0.1, 0.15) is 11.3 Å². The molecule has 0 aliphatic heterocycles. The fraction of sp³-hybridized carbons (Fsp3) is 0.294. The molecule has 0 aliphatic rings. The molecule has 0 aliphatic carbocycles. The van der Waals surface area contributed by atoms with Gasteiger partial charge in [-0.05, 0) is 29.8 Å². The lowest BCUT2D eigenvalue weighted by atomic mass is 10.2. The highest BCUT2D eigenvalue weighted by Gasteiger charge is 2.01. The van der Waals surface area contributed by atoms with Gasteiger partial charge >= 0.3 is 0 Å². The highest BCUT2D eigenvalue weighted by atomic mass is 35.5. The van der Waals surface area contributed by atoms with Crippen molar-refractivity contribution in [2.24, 2.45) is 10.7 Å². The number of hydrogen-bond donors (Lipinski definition) is 2. The van der Waals surface area contributed by atoms with Crippen molar-refractivity contribution in [2.75, 3.05) is 18.8 Å². The van der Waals surface area contributed by atoms with Gasteiger partial charge in [-0.25, -0.2) is 0 Å². The zero-order valence-electron chi connectivity index (χ0n) is 13.2. The van der Waals surface area contributed by atoms with Crippen molar-refractivity contribution < 1.29 is 0 Å². The Morgan fingerprint density at radius 3 is 2.88 bits per heavy atom. The van der Waals surface area contributed by atoms with Crippen molar-refractivity contribution in [1.29, 1.82) is 0 Å². The van der Waals surface area contributed by atoms with Crippen LogP contribution in [0.5, 0.6) is 0 Å². The molecule has 0 spiro atoms. The van der Waals surface area contributed by atoms with Crippen molar-refractivity contribution in [2.45, 2.75) is 12.2 Å². The van der Waals surface area contributed by atoms with Crippen molar-refractivity contribution in [1.82, 2.24) is 10.3 Å². The summed E-state index contributed by atoms with van der Waals surface area (Å²) >= 11 is 13.8. The molecular weight excluding hydrogens is 363 g/mol. The average Bonchev–Trinajstić information content (AvgIpc) is 2.57. The molecule has 0 amide bonds. The monoisotopic (exact) mass is 382 g/mol. The number of aliphatic imine (C=N–C) groups is 1. The topological polar surface area (TPSA) is 63.3 Å². The maximum Gasteiger partial charge on any atom is 0.188 e. The van der Waals surface area contributed by atoms with Gasteiger partial charge in [0.05, 0.1) is 6.54 Å². The molecular formula is C17H20Cl2N4S. The van der Waals surface area contributed by atoms with Crippen LogP contribution in [-0.2, 0) is 12.2 Å². The predicted octanol–water partition coefficient (Wildman–Crippen LogP) is 3.77. The molecule has 0 atom stereocenters. The molecule has 0 unspecified atom stereocenters. The zero-order chi connectivity index (χ0) is 17.2. The molecule has 0 saturated heterocycles. The largest absolute Gasteiger partial charge is 0.370 e. The molecule has 1 aromatic carbocycles. The number of hydrogen-bond acceptors (Lipinski definition) is 3. The molecule has 0 saturated carbocycles.